The molecule has 0 aliphatic carbocycles. The van der Waals surface area contributed by atoms with Gasteiger partial charge in [-0.3, -0.25) is 0 Å². The van der Waals surface area contributed by atoms with E-state index in [-0.39, 0.29) is 0 Å². The summed E-state index contributed by atoms with van der Waals surface area (Å²) in [6.07, 6.45) is 4.93. The van der Waals surface area contributed by atoms with Crippen molar-refractivity contribution in [2.45, 2.75) is 26.4 Å². The lowest BCUT2D eigenvalue weighted by molar-refractivity contribution is 0.644. The molecule has 0 spiro atoms. The summed E-state index contributed by atoms with van der Waals surface area (Å²) in [6.45, 7) is 3.82. The van der Waals surface area contributed by atoms with Crippen LogP contribution in [0.25, 0.3) is 0 Å². The molecule has 18 heavy (non-hydrogen) atoms. The van der Waals surface area contributed by atoms with Gasteiger partial charge in [0.2, 0.25) is 0 Å². The molecule has 1 N–H and O–H groups in total. The molecule has 0 saturated heterocycles. The average Bonchev–Trinajstić information content (AvgIpc) is 2.76. The SMILES string of the molecule is CCCn1ccnc1CNc1ccc(Br)cc1Cl. The molecule has 5 heteroatoms. The van der Waals surface area contributed by atoms with Crippen LogP contribution >= 0.6 is 27.5 Å². The van der Waals surface area contributed by atoms with Crippen molar-refractivity contribution in [1.82, 2.24) is 9.55 Å². The molecular weight excluding hydrogens is 314 g/mol. The quantitative estimate of drug-likeness (QED) is 0.886. The highest BCUT2D eigenvalue weighted by molar-refractivity contribution is 9.10. The maximum atomic E-state index is 6.15. The van der Waals surface area contributed by atoms with E-state index in [1.54, 1.807) is 0 Å². The highest BCUT2D eigenvalue weighted by atomic mass is 79.9. The molecule has 0 atom stereocenters. The number of rotatable bonds is 5. The zero-order valence-corrected chi connectivity index (χ0v) is 12.5. The molecule has 96 valence electrons. The monoisotopic (exact) mass is 327 g/mol. The van der Waals surface area contributed by atoms with Gasteiger partial charge in [-0.2, -0.15) is 0 Å². The van der Waals surface area contributed by atoms with Crippen LogP contribution in [0.1, 0.15) is 19.2 Å². The fraction of sp³-hybridized carbons (Fsp3) is 0.308. The zero-order valence-electron chi connectivity index (χ0n) is 10.2. The summed E-state index contributed by atoms with van der Waals surface area (Å²) in [4.78, 5) is 4.35. The van der Waals surface area contributed by atoms with Gasteiger partial charge in [0.05, 0.1) is 17.3 Å². The minimum Gasteiger partial charge on any atom is -0.377 e. The number of halogens is 2. The molecule has 3 nitrogen and oxygen atoms in total. The summed E-state index contributed by atoms with van der Waals surface area (Å²) in [6, 6.07) is 5.80. The highest BCUT2D eigenvalue weighted by Crippen LogP contribution is 2.25. The van der Waals surface area contributed by atoms with Crippen molar-refractivity contribution in [1.29, 1.82) is 0 Å². The van der Waals surface area contributed by atoms with Gasteiger partial charge in [0, 0.05) is 23.4 Å². The molecule has 0 fully saturated rings. The van der Waals surface area contributed by atoms with Gasteiger partial charge >= 0.3 is 0 Å². The summed E-state index contributed by atoms with van der Waals surface area (Å²) in [7, 11) is 0. The van der Waals surface area contributed by atoms with E-state index in [0.717, 1.165) is 29.0 Å². The van der Waals surface area contributed by atoms with Crippen molar-refractivity contribution >= 4 is 33.2 Å². The van der Waals surface area contributed by atoms with E-state index >= 15 is 0 Å². The van der Waals surface area contributed by atoms with Crippen LogP contribution in [0, 0.1) is 0 Å². The molecule has 0 aliphatic heterocycles. The van der Waals surface area contributed by atoms with E-state index in [9.17, 15) is 0 Å². The standard InChI is InChI=1S/C13H15BrClN3/c1-2-6-18-7-5-16-13(18)9-17-12-4-3-10(14)8-11(12)15/h3-5,7-8,17H,2,6,9H2,1H3. The first kappa shape index (κ1) is 13.4. The van der Waals surface area contributed by atoms with Crippen LogP contribution in [0.4, 0.5) is 5.69 Å². The Hall–Kier alpha value is -1.000. The zero-order chi connectivity index (χ0) is 13.0. The van der Waals surface area contributed by atoms with Crippen LogP contribution in [0.2, 0.25) is 5.02 Å². The molecule has 0 bridgehead atoms. The number of hydrogen-bond donors (Lipinski definition) is 1. The minimum atomic E-state index is 0.675. The van der Waals surface area contributed by atoms with Gasteiger partial charge in [0.15, 0.2) is 0 Å². The Morgan fingerprint density at radius 3 is 3.00 bits per heavy atom. The van der Waals surface area contributed by atoms with Crippen molar-refractivity contribution in [3.63, 3.8) is 0 Å². The number of nitrogens with zero attached hydrogens (tertiary/aromatic N) is 2. The fourth-order valence-corrected chi connectivity index (χ4v) is 2.50. The van der Waals surface area contributed by atoms with Crippen molar-refractivity contribution < 1.29 is 0 Å². The lowest BCUT2D eigenvalue weighted by Gasteiger charge is -2.10. The van der Waals surface area contributed by atoms with Crippen molar-refractivity contribution in [3.8, 4) is 0 Å². The Balaban J connectivity index is 2.04. The lowest BCUT2D eigenvalue weighted by Crippen LogP contribution is -2.08. The normalized spacial score (nSPS) is 10.6. The van der Waals surface area contributed by atoms with Gasteiger partial charge in [-0.25, -0.2) is 4.98 Å². The Morgan fingerprint density at radius 1 is 1.44 bits per heavy atom. The first-order valence-electron chi connectivity index (χ1n) is 5.89. The number of imidazole rings is 1. The van der Waals surface area contributed by atoms with Crippen molar-refractivity contribution in [3.05, 3.63) is 45.9 Å². The third kappa shape index (κ3) is 3.27. The molecule has 0 unspecified atom stereocenters. The van der Waals surface area contributed by atoms with Crippen LogP contribution in [0.3, 0.4) is 0 Å². The van der Waals surface area contributed by atoms with E-state index in [4.69, 9.17) is 11.6 Å². The third-order valence-electron chi connectivity index (χ3n) is 2.63. The van der Waals surface area contributed by atoms with Gasteiger partial charge in [-0.15, -0.1) is 0 Å². The molecular formula is C13H15BrClN3. The van der Waals surface area contributed by atoms with Crippen molar-refractivity contribution in [2.24, 2.45) is 0 Å². The topological polar surface area (TPSA) is 29.9 Å². The van der Waals surface area contributed by atoms with Gasteiger partial charge in [0.1, 0.15) is 5.82 Å². The second kappa shape index (κ2) is 6.25. The first-order valence-corrected chi connectivity index (χ1v) is 7.06. The van der Waals surface area contributed by atoms with Gasteiger partial charge < -0.3 is 9.88 Å². The second-order valence-electron chi connectivity index (χ2n) is 4.01. The van der Waals surface area contributed by atoms with E-state index in [1.807, 2.05) is 30.6 Å². The summed E-state index contributed by atoms with van der Waals surface area (Å²) >= 11 is 9.54. The molecule has 2 rings (SSSR count). The van der Waals surface area contributed by atoms with E-state index in [0.29, 0.717) is 11.6 Å². The maximum Gasteiger partial charge on any atom is 0.128 e. The molecule has 1 heterocycles. The summed E-state index contributed by atoms with van der Waals surface area (Å²) in [5.74, 6) is 1.02. The Labute approximate surface area is 120 Å². The number of hydrogen-bond acceptors (Lipinski definition) is 2. The molecule has 0 radical (unpaired) electrons. The van der Waals surface area contributed by atoms with Crippen molar-refractivity contribution in [2.75, 3.05) is 5.32 Å². The van der Waals surface area contributed by atoms with Gasteiger partial charge in [0.25, 0.3) is 0 Å². The largest absolute Gasteiger partial charge is 0.377 e. The molecule has 0 aliphatic rings. The van der Waals surface area contributed by atoms with E-state index < -0.39 is 0 Å². The van der Waals surface area contributed by atoms with Crippen LogP contribution in [-0.2, 0) is 13.1 Å². The smallest absolute Gasteiger partial charge is 0.128 e. The van der Waals surface area contributed by atoms with Crippen LogP contribution in [0.5, 0.6) is 0 Å². The Kier molecular flexibility index (Phi) is 4.66. The molecule has 1 aromatic heterocycles. The molecule has 1 aromatic carbocycles. The van der Waals surface area contributed by atoms with E-state index in [2.05, 4.69) is 37.7 Å². The predicted molar refractivity (Wildman–Crippen MR) is 79.0 cm³/mol. The summed E-state index contributed by atoms with van der Waals surface area (Å²) < 4.78 is 3.13. The fourth-order valence-electron chi connectivity index (χ4n) is 1.76. The maximum absolute atomic E-state index is 6.15. The average molecular weight is 329 g/mol. The molecule has 2 aromatic rings. The third-order valence-corrected chi connectivity index (χ3v) is 3.44. The summed E-state index contributed by atoms with van der Waals surface area (Å²) in [5, 5.41) is 4.01. The predicted octanol–water partition coefficient (Wildman–Crippen LogP) is 4.32. The van der Waals surface area contributed by atoms with Crippen LogP contribution in [0.15, 0.2) is 35.1 Å². The molecule has 0 amide bonds. The minimum absolute atomic E-state index is 0.675. The number of anilines is 1. The number of aryl methyl sites for hydroxylation is 1. The Bertz CT molecular complexity index is 525. The van der Waals surface area contributed by atoms with Gasteiger partial charge in [-0.1, -0.05) is 34.5 Å². The number of nitrogens with one attached hydrogen (secondary N) is 1. The lowest BCUT2D eigenvalue weighted by atomic mass is 10.3. The summed E-state index contributed by atoms with van der Waals surface area (Å²) in [5.41, 5.74) is 0.922. The second-order valence-corrected chi connectivity index (χ2v) is 5.34. The number of aromatic nitrogens is 2. The number of benzene rings is 1. The van der Waals surface area contributed by atoms with Crippen LogP contribution in [-0.4, -0.2) is 9.55 Å². The molecule has 0 saturated carbocycles. The van der Waals surface area contributed by atoms with E-state index in [1.165, 1.54) is 0 Å². The van der Waals surface area contributed by atoms with Crippen LogP contribution < -0.4 is 5.32 Å². The van der Waals surface area contributed by atoms with Gasteiger partial charge in [-0.05, 0) is 24.6 Å². The first-order chi connectivity index (χ1) is 8.70. The highest BCUT2D eigenvalue weighted by Gasteiger charge is 2.04. The Morgan fingerprint density at radius 2 is 2.28 bits per heavy atom.